The molecular weight excluding hydrogens is 386 g/mol. The van der Waals surface area contributed by atoms with Crippen LogP contribution in [0.1, 0.15) is 5.56 Å². The molecule has 0 unspecified atom stereocenters. The van der Waals surface area contributed by atoms with Gasteiger partial charge in [0.05, 0.1) is 18.5 Å². The molecule has 0 saturated heterocycles. The van der Waals surface area contributed by atoms with Gasteiger partial charge in [-0.2, -0.15) is 4.31 Å². The highest BCUT2D eigenvalue weighted by atomic mass is 32.2. The highest BCUT2D eigenvalue weighted by Crippen LogP contribution is 2.28. The fourth-order valence-electron chi connectivity index (χ4n) is 2.77. The predicted octanol–water partition coefficient (Wildman–Crippen LogP) is 3.55. The van der Waals surface area contributed by atoms with Gasteiger partial charge in [-0.25, -0.2) is 13.4 Å². The molecular formula is C22H23N3O3S. The van der Waals surface area contributed by atoms with E-state index in [1.165, 1.54) is 7.05 Å². The number of hydrogen-bond donors (Lipinski definition) is 1. The molecule has 1 heterocycles. The molecule has 0 saturated carbocycles. The fraction of sp³-hybridized carbons (Fsp3) is 0.182. The van der Waals surface area contributed by atoms with Crippen molar-refractivity contribution >= 4 is 21.7 Å². The van der Waals surface area contributed by atoms with Gasteiger partial charge in [0.1, 0.15) is 5.82 Å². The Morgan fingerprint density at radius 2 is 1.62 bits per heavy atom. The maximum Gasteiger partial charge on any atom is 0.240 e. The van der Waals surface area contributed by atoms with E-state index in [4.69, 9.17) is 0 Å². The van der Waals surface area contributed by atoms with Crippen LogP contribution in [0.25, 0.3) is 22.4 Å². The van der Waals surface area contributed by atoms with Crippen LogP contribution >= 0.6 is 0 Å². The molecule has 0 aliphatic rings. The second-order valence-electron chi connectivity index (χ2n) is 6.93. The van der Waals surface area contributed by atoms with Gasteiger partial charge in [0.15, 0.2) is 0 Å². The molecule has 0 aliphatic carbocycles. The number of aryl methyl sites for hydroxylation is 1. The van der Waals surface area contributed by atoms with Crippen LogP contribution < -0.4 is 5.32 Å². The standard InChI is InChI=1S/C22H23N3O3S/c1-16-9-11-17(12-10-16)19-13-20(18-7-5-4-6-8-18)23-21(14-19)24-22(26)15-25(2)29(3,27)28/h4-14H,15H2,1-3H3,(H,23,24,26). The molecule has 0 aliphatic heterocycles. The van der Waals surface area contributed by atoms with Crippen molar-refractivity contribution in [3.8, 4) is 22.4 Å². The molecule has 7 heteroatoms. The Hall–Kier alpha value is -3.03. The van der Waals surface area contributed by atoms with E-state index in [1.54, 1.807) is 6.07 Å². The first-order valence-corrected chi connectivity index (χ1v) is 10.9. The van der Waals surface area contributed by atoms with Crippen molar-refractivity contribution in [1.29, 1.82) is 0 Å². The van der Waals surface area contributed by atoms with Crippen LogP contribution in [0.5, 0.6) is 0 Å². The Bertz CT molecular complexity index is 1110. The summed E-state index contributed by atoms with van der Waals surface area (Å²) in [5, 5.41) is 2.72. The topological polar surface area (TPSA) is 79.4 Å². The third kappa shape index (κ3) is 5.49. The molecule has 0 spiro atoms. The summed E-state index contributed by atoms with van der Waals surface area (Å²) in [6.45, 7) is 1.74. The molecule has 2 aromatic carbocycles. The second-order valence-corrected chi connectivity index (χ2v) is 9.01. The maximum absolute atomic E-state index is 12.4. The first kappa shape index (κ1) is 20.7. The quantitative estimate of drug-likeness (QED) is 0.675. The summed E-state index contributed by atoms with van der Waals surface area (Å²) >= 11 is 0. The Labute approximate surface area is 171 Å². The minimum Gasteiger partial charge on any atom is -0.310 e. The summed E-state index contributed by atoms with van der Waals surface area (Å²) < 4.78 is 24.1. The van der Waals surface area contributed by atoms with Crippen LogP contribution in [0.2, 0.25) is 0 Å². The lowest BCUT2D eigenvalue weighted by atomic mass is 10.0. The Morgan fingerprint density at radius 1 is 0.966 bits per heavy atom. The normalized spacial score (nSPS) is 11.4. The van der Waals surface area contributed by atoms with Crippen LogP contribution in [0.3, 0.4) is 0 Å². The van der Waals surface area contributed by atoms with Crippen molar-refractivity contribution in [3.05, 3.63) is 72.3 Å². The lowest BCUT2D eigenvalue weighted by molar-refractivity contribution is -0.116. The largest absolute Gasteiger partial charge is 0.310 e. The summed E-state index contributed by atoms with van der Waals surface area (Å²) in [7, 11) is -2.08. The molecule has 29 heavy (non-hydrogen) atoms. The zero-order valence-electron chi connectivity index (χ0n) is 16.6. The summed E-state index contributed by atoms with van der Waals surface area (Å²) in [6, 6.07) is 21.5. The van der Waals surface area contributed by atoms with E-state index < -0.39 is 15.9 Å². The molecule has 0 fully saturated rings. The SMILES string of the molecule is Cc1ccc(-c2cc(NC(=O)CN(C)S(C)(=O)=O)nc(-c3ccccc3)c2)cc1. The molecule has 0 bridgehead atoms. The predicted molar refractivity (Wildman–Crippen MR) is 116 cm³/mol. The molecule has 1 aromatic heterocycles. The fourth-order valence-corrected chi connectivity index (χ4v) is 3.12. The van der Waals surface area contributed by atoms with Gasteiger partial charge >= 0.3 is 0 Å². The number of carbonyl (C=O) groups excluding carboxylic acids is 1. The number of sulfonamides is 1. The van der Waals surface area contributed by atoms with Gasteiger partial charge in [0, 0.05) is 12.6 Å². The van der Waals surface area contributed by atoms with Crippen molar-refractivity contribution in [2.24, 2.45) is 0 Å². The second kappa shape index (κ2) is 8.55. The molecule has 3 aromatic rings. The highest BCUT2D eigenvalue weighted by Gasteiger charge is 2.16. The number of amides is 1. The molecule has 150 valence electrons. The van der Waals surface area contributed by atoms with E-state index in [9.17, 15) is 13.2 Å². The molecule has 3 rings (SSSR count). The van der Waals surface area contributed by atoms with E-state index in [1.807, 2.05) is 67.6 Å². The number of pyridine rings is 1. The van der Waals surface area contributed by atoms with E-state index >= 15 is 0 Å². The van der Waals surface area contributed by atoms with Gasteiger partial charge in [-0.1, -0.05) is 60.2 Å². The summed E-state index contributed by atoms with van der Waals surface area (Å²) in [6.07, 6.45) is 1.06. The number of benzene rings is 2. The number of likely N-dealkylation sites (N-methyl/N-ethyl adjacent to an activating group) is 1. The van der Waals surface area contributed by atoms with Crippen LogP contribution in [0, 0.1) is 6.92 Å². The Balaban J connectivity index is 1.96. The van der Waals surface area contributed by atoms with Crippen LogP contribution in [-0.2, 0) is 14.8 Å². The molecule has 1 N–H and O–H groups in total. The van der Waals surface area contributed by atoms with E-state index in [0.29, 0.717) is 5.82 Å². The monoisotopic (exact) mass is 409 g/mol. The van der Waals surface area contributed by atoms with Gasteiger partial charge < -0.3 is 5.32 Å². The summed E-state index contributed by atoms with van der Waals surface area (Å²) in [5.41, 5.74) is 4.70. The lowest BCUT2D eigenvalue weighted by Crippen LogP contribution is -2.34. The minimum absolute atomic E-state index is 0.282. The number of nitrogens with zero attached hydrogens (tertiary/aromatic N) is 2. The van der Waals surface area contributed by atoms with E-state index in [-0.39, 0.29) is 6.54 Å². The number of hydrogen-bond acceptors (Lipinski definition) is 4. The molecule has 6 nitrogen and oxygen atoms in total. The first-order valence-electron chi connectivity index (χ1n) is 9.08. The van der Waals surface area contributed by atoms with E-state index in [2.05, 4.69) is 10.3 Å². The zero-order valence-corrected chi connectivity index (χ0v) is 17.4. The number of rotatable bonds is 6. The first-order chi connectivity index (χ1) is 13.7. The molecule has 0 atom stereocenters. The van der Waals surface area contributed by atoms with Crippen molar-refractivity contribution in [3.63, 3.8) is 0 Å². The Kier molecular flexibility index (Phi) is 6.10. The molecule has 0 radical (unpaired) electrons. The maximum atomic E-state index is 12.4. The van der Waals surface area contributed by atoms with Gasteiger partial charge in [-0.15, -0.1) is 0 Å². The molecule has 1 amide bonds. The van der Waals surface area contributed by atoms with E-state index in [0.717, 1.165) is 38.5 Å². The third-order valence-electron chi connectivity index (χ3n) is 4.48. The van der Waals surface area contributed by atoms with Crippen molar-refractivity contribution < 1.29 is 13.2 Å². The highest BCUT2D eigenvalue weighted by molar-refractivity contribution is 7.88. The van der Waals surface area contributed by atoms with Gasteiger partial charge in [0.2, 0.25) is 15.9 Å². The lowest BCUT2D eigenvalue weighted by Gasteiger charge is -2.15. The minimum atomic E-state index is -3.44. The number of anilines is 1. The number of nitrogens with one attached hydrogen (secondary N) is 1. The summed E-state index contributed by atoms with van der Waals surface area (Å²) in [5.74, 6) is -0.0840. The smallest absolute Gasteiger partial charge is 0.240 e. The van der Waals surface area contributed by atoms with Gasteiger partial charge in [-0.05, 0) is 30.2 Å². The van der Waals surface area contributed by atoms with Gasteiger partial charge in [0.25, 0.3) is 0 Å². The Morgan fingerprint density at radius 3 is 2.24 bits per heavy atom. The average Bonchev–Trinajstić information content (AvgIpc) is 2.68. The van der Waals surface area contributed by atoms with Crippen molar-refractivity contribution in [1.82, 2.24) is 9.29 Å². The average molecular weight is 410 g/mol. The third-order valence-corrected chi connectivity index (χ3v) is 5.74. The number of carbonyl (C=O) groups is 1. The van der Waals surface area contributed by atoms with Crippen LogP contribution in [0.4, 0.5) is 5.82 Å². The zero-order chi connectivity index (χ0) is 21.0. The summed E-state index contributed by atoms with van der Waals surface area (Å²) in [4.78, 5) is 16.9. The van der Waals surface area contributed by atoms with Crippen LogP contribution in [0.15, 0.2) is 66.7 Å². The number of aromatic nitrogens is 1. The van der Waals surface area contributed by atoms with Crippen LogP contribution in [-0.4, -0.2) is 43.5 Å². The van der Waals surface area contributed by atoms with Crippen molar-refractivity contribution in [2.45, 2.75) is 6.92 Å². The van der Waals surface area contributed by atoms with Crippen molar-refractivity contribution in [2.75, 3.05) is 25.2 Å². The van der Waals surface area contributed by atoms with Gasteiger partial charge in [-0.3, -0.25) is 4.79 Å².